The molecule has 0 spiro atoms. The van der Waals surface area contributed by atoms with Gasteiger partial charge in [0.1, 0.15) is 64.7 Å². The number of ether oxygens (including phenoxy) is 5. The first kappa shape index (κ1) is 81.3. The molecule has 0 radical (unpaired) electrons. The molecule has 5 heterocycles. The second-order valence-electron chi connectivity index (χ2n) is 30.2. The van der Waals surface area contributed by atoms with Gasteiger partial charge in [0.15, 0.2) is 0 Å². The molecule has 3 aliphatic heterocycles. The van der Waals surface area contributed by atoms with Gasteiger partial charge in [-0.3, -0.25) is 38.4 Å². The zero-order valence-electron chi connectivity index (χ0n) is 60.9. The number of hydrogen-bond acceptors (Lipinski definition) is 17. The van der Waals surface area contributed by atoms with Gasteiger partial charge in [0.25, 0.3) is 11.8 Å². The molecule has 11 N–H and O–H groups in total. The molecule has 7 rings (SSSR count). The number of carbonyl (C=O) groups is 11. The monoisotopic (exact) mass is 1390 g/mol. The minimum atomic E-state index is -1.01. The van der Waals surface area contributed by atoms with Crippen molar-refractivity contribution in [1.29, 1.82) is 5.26 Å². The zero-order chi connectivity index (χ0) is 74.5. The Labute approximate surface area is 585 Å². The van der Waals surface area contributed by atoms with Crippen LogP contribution in [-0.4, -0.2) is 165 Å². The normalized spacial score (nSPS) is 18.1. The number of aromatic amines is 2. The van der Waals surface area contributed by atoms with Crippen LogP contribution in [0.5, 0.6) is 11.5 Å². The van der Waals surface area contributed by atoms with Crippen LogP contribution in [0, 0.1) is 45.3 Å². The minimum Gasteiger partial charge on any atom is -0.496 e. The molecule has 0 unspecified atom stereocenters. The van der Waals surface area contributed by atoms with E-state index < -0.39 is 95.3 Å². The highest BCUT2D eigenvalue weighted by atomic mass is 16.6. The Bertz CT molecular complexity index is 3570. The number of fused-ring (bicyclic) bond motifs is 2. The van der Waals surface area contributed by atoms with Gasteiger partial charge >= 0.3 is 18.0 Å². The number of piperidine rings is 3. The maximum absolute atomic E-state index is 13.3. The van der Waals surface area contributed by atoms with E-state index in [1.165, 1.54) is 14.2 Å². The molecule has 550 valence electrons. The first-order valence-electron chi connectivity index (χ1n) is 34.1. The van der Waals surface area contributed by atoms with E-state index >= 15 is 0 Å². The van der Waals surface area contributed by atoms with E-state index in [0.29, 0.717) is 75.4 Å². The molecule has 0 saturated carbocycles. The lowest BCUT2D eigenvalue weighted by Gasteiger charge is -2.30. The van der Waals surface area contributed by atoms with Crippen LogP contribution in [0.2, 0.25) is 0 Å². The third-order valence-corrected chi connectivity index (χ3v) is 16.7. The van der Waals surface area contributed by atoms with E-state index in [1.807, 2.05) is 92.6 Å². The Morgan fingerprint density at radius 3 is 1.16 bits per heavy atom. The van der Waals surface area contributed by atoms with Crippen molar-refractivity contribution in [3.05, 3.63) is 59.9 Å². The molecule has 3 aliphatic rings. The lowest BCUT2D eigenvalue weighted by Crippen LogP contribution is -2.54. The third kappa shape index (κ3) is 26.0. The molecule has 2 aromatic carbocycles. The molecule has 0 aliphatic carbocycles. The second-order valence-corrected chi connectivity index (χ2v) is 30.2. The summed E-state index contributed by atoms with van der Waals surface area (Å²) in [6.07, 6.45) is 5.23. The van der Waals surface area contributed by atoms with Gasteiger partial charge < -0.3 is 81.5 Å². The van der Waals surface area contributed by atoms with E-state index in [-0.39, 0.29) is 70.8 Å². The summed E-state index contributed by atoms with van der Waals surface area (Å²) in [7, 11) is 5.59. The maximum Gasteiger partial charge on any atom is 0.408 e. The maximum atomic E-state index is 13.3. The lowest BCUT2D eigenvalue weighted by atomic mass is 9.87. The number of H-pyrrole nitrogens is 2. The van der Waals surface area contributed by atoms with Crippen LogP contribution in [0.3, 0.4) is 0 Å². The van der Waals surface area contributed by atoms with Crippen LogP contribution in [-0.2, 0) is 52.6 Å². The van der Waals surface area contributed by atoms with Crippen molar-refractivity contribution >= 4 is 87.1 Å². The summed E-state index contributed by atoms with van der Waals surface area (Å²) in [4.78, 5) is 145. The smallest absolute Gasteiger partial charge is 0.408 e. The van der Waals surface area contributed by atoms with Crippen molar-refractivity contribution < 1.29 is 76.4 Å². The number of methoxy groups -OCH3 is 4. The molecular formula is C72H106N12O16. The Morgan fingerprint density at radius 1 is 0.490 bits per heavy atom. The molecule has 28 heteroatoms. The van der Waals surface area contributed by atoms with Crippen LogP contribution in [0.15, 0.2) is 48.5 Å². The molecule has 28 nitrogen and oxygen atoms in total. The van der Waals surface area contributed by atoms with Gasteiger partial charge in [-0.2, -0.15) is 5.26 Å². The summed E-state index contributed by atoms with van der Waals surface area (Å²) < 4.78 is 25.7. The first-order valence-corrected chi connectivity index (χ1v) is 34.1. The van der Waals surface area contributed by atoms with E-state index in [0.717, 1.165) is 41.1 Å². The van der Waals surface area contributed by atoms with E-state index in [9.17, 15) is 58.0 Å². The van der Waals surface area contributed by atoms with Crippen LogP contribution in [0.1, 0.15) is 181 Å². The van der Waals surface area contributed by atoms with Gasteiger partial charge in [0.05, 0.1) is 34.5 Å². The molecule has 0 bridgehead atoms. The van der Waals surface area contributed by atoms with Crippen molar-refractivity contribution in [3.8, 4) is 17.6 Å². The number of alkyl carbamates (subject to hydrolysis) is 1. The molecule has 3 saturated heterocycles. The number of aromatic nitrogens is 2. The SMILES string of the molecule is COC(=O)[C@H](C[C@@H]1CCCNC1=O)NC(=O)[C@H](CC(C)(C)C)NC(=O)OC(C)(C)C.COC(=O)[C@H](C[C@@H]1CCCNC1=O)NC(=O)[C@H](CC(C)(C)C)NC(=O)c1cc2c(OC)cccc2[nH]1.COc1cccc2[nH]c(C(=O)N[C@@H](CC(C)(C)C)C(=O)N[C@H](C#N)C[C@@H]3CCCNC3=O)cc12. The van der Waals surface area contributed by atoms with Crippen molar-refractivity contribution in [2.45, 2.75) is 202 Å². The topological polar surface area (TPSA) is 398 Å². The second kappa shape index (κ2) is 36.6. The summed E-state index contributed by atoms with van der Waals surface area (Å²) in [5, 5.41) is 35.8. The fourth-order valence-corrected chi connectivity index (χ4v) is 12.0. The molecule has 4 aromatic rings. The Kier molecular flexibility index (Phi) is 29.7. The molecule has 2 aromatic heterocycles. The first-order chi connectivity index (χ1) is 46.8. The number of nitrogens with one attached hydrogen (secondary N) is 11. The van der Waals surface area contributed by atoms with Crippen molar-refractivity contribution in [2.24, 2.45) is 34.0 Å². The van der Waals surface area contributed by atoms with E-state index in [4.69, 9.17) is 23.7 Å². The molecule has 9 amide bonds. The summed E-state index contributed by atoms with van der Waals surface area (Å²) >= 11 is 0. The van der Waals surface area contributed by atoms with Crippen LogP contribution in [0.25, 0.3) is 21.8 Å². The standard InChI is InChI=1S/C26H36N4O6.C25H33N5O4.C21H37N3O6/c1-26(2,3)14-20(30-23(32)18-13-16-17(28-18)9-6-10-21(16)35-4)24(33)29-19(25(34)36-5)12-15-8-7-11-27-22(15)31;1-25(2,3)13-20(24(33)28-16(14-26)11-15-7-6-10-27-22(15)31)30-23(32)19-12-17-18(29-19)8-5-9-21(17)34-4;1-20(2,3)12-15(24-19(28)30-21(4,5)6)17(26)23-14(18(27)29-7)11-13-9-8-10-22-16(13)25/h6,9-10,13,15,19-20,28H,7-8,11-12,14H2,1-5H3,(H,27,31)(H,29,33)(H,30,32);5,8-9,12,15-16,20,29H,6-7,10-11,13H2,1-4H3,(H,27,31)(H,28,33)(H,30,32);13-15H,8-12H2,1-7H3,(H,22,25)(H,23,26)(H,24,28)/t15-,19-,20-;15-,16-,20-;13-,14-,15-/m000/s1. The summed E-state index contributed by atoms with van der Waals surface area (Å²) in [6.45, 7) is 24.6. The average molecular weight is 1400 g/mol. The van der Waals surface area contributed by atoms with Gasteiger partial charge in [-0.15, -0.1) is 0 Å². The lowest BCUT2D eigenvalue weighted by molar-refractivity contribution is -0.147. The van der Waals surface area contributed by atoms with Crippen molar-refractivity contribution in [1.82, 2.24) is 57.8 Å². The average Bonchev–Trinajstić information content (AvgIpc) is 1.66. The quantitative estimate of drug-likeness (QED) is 0.0253. The fraction of sp³-hybridized carbons (Fsp3) is 0.611. The number of amides is 9. The Balaban J connectivity index is 0.000000272. The van der Waals surface area contributed by atoms with Gasteiger partial charge in [-0.1, -0.05) is 74.4 Å². The predicted octanol–water partition coefficient (Wildman–Crippen LogP) is 6.81. The van der Waals surface area contributed by atoms with Crippen LogP contribution in [0.4, 0.5) is 4.79 Å². The Morgan fingerprint density at radius 2 is 0.840 bits per heavy atom. The number of benzene rings is 2. The highest BCUT2D eigenvalue weighted by Gasteiger charge is 2.38. The summed E-state index contributed by atoms with van der Waals surface area (Å²) in [5.41, 5.74) is 0.514. The van der Waals surface area contributed by atoms with Gasteiger partial charge in [0.2, 0.25) is 35.4 Å². The van der Waals surface area contributed by atoms with Gasteiger partial charge in [-0.05, 0) is 150 Å². The fourth-order valence-electron chi connectivity index (χ4n) is 12.0. The molecule has 100 heavy (non-hydrogen) atoms. The molecular weight excluding hydrogens is 1290 g/mol. The number of nitrogens with zero attached hydrogens (tertiary/aromatic N) is 1. The van der Waals surface area contributed by atoms with Crippen LogP contribution >= 0.6 is 0 Å². The van der Waals surface area contributed by atoms with Gasteiger partial charge in [0, 0.05) is 59.2 Å². The number of hydrogen-bond donors (Lipinski definition) is 11. The zero-order valence-corrected chi connectivity index (χ0v) is 60.9. The van der Waals surface area contributed by atoms with Crippen molar-refractivity contribution in [3.63, 3.8) is 0 Å². The van der Waals surface area contributed by atoms with Crippen molar-refractivity contribution in [2.75, 3.05) is 48.1 Å². The highest BCUT2D eigenvalue weighted by Crippen LogP contribution is 2.30. The summed E-state index contributed by atoms with van der Waals surface area (Å²) in [6, 6.07) is 10.9. The number of esters is 2. The minimum absolute atomic E-state index is 0.0884. The number of carbonyl (C=O) groups excluding carboxylic acids is 11. The van der Waals surface area contributed by atoms with E-state index in [1.54, 1.807) is 53.2 Å². The Hall–Kier alpha value is -9.42. The van der Waals surface area contributed by atoms with Crippen LogP contribution < -0.4 is 57.3 Å². The van der Waals surface area contributed by atoms with E-state index in [2.05, 4.69) is 63.9 Å². The largest absolute Gasteiger partial charge is 0.496 e. The van der Waals surface area contributed by atoms with Gasteiger partial charge in [-0.25, -0.2) is 14.4 Å². The number of rotatable bonds is 24. The third-order valence-electron chi connectivity index (χ3n) is 16.7. The predicted molar refractivity (Wildman–Crippen MR) is 374 cm³/mol. The molecule has 9 atom stereocenters. The number of nitriles is 1. The molecule has 3 fully saturated rings. The summed E-state index contributed by atoms with van der Waals surface area (Å²) in [5.74, 6) is -3.84. The highest BCUT2D eigenvalue weighted by molar-refractivity contribution is 6.03.